The van der Waals surface area contributed by atoms with Crippen LogP contribution in [0.1, 0.15) is 24.1 Å². The number of carbonyl (C=O) groups excluding carboxylic acids is 1. The molecule has 0 aliphatic carbocycles. The predicted octanol–water partition coefficient (Wildman–Crippen LogP) is 3.65. The van der Waals surface area contributed by atoms with Crippen LogP contribution < -0.4 is 5.32 Å². The zero-order valence-corrected chi connectivity index (χ0v) is 12.5. The molecule has 0 aliphatic rings. The molecule has 0 saturated heterocycles. The van der Waals surface area contributed by atoms with Crippen molar-refractivity contribution in [1.82, 2.24) is 10.3 Å². The van der Waals surface area contributed by atoms with Crippen molar-refractivity contribution in [2.45, 2.75) is 19.4 Å². The molecular weight excluding hydrogens is 272 g/mol. The average Bonchev–Trinajstić information content (AvgIpc) is 2.55. The highest BCUT2D eigenvalue weighted by Crippen LogP contribution is 2.16. The lowest BCUT2D eigenvalue weighted by molar-refractivity contribution is -0.121. The number of nitrogens with one attached hydrogen (secondary N) is 1. The molecule has 1 atom stereocenters. The first-order valence-electron chi connectivity index (χ1n) is 7.39. The summed E-state index contributed by atoms with van der Waals surface area (Å²) < 4.78 is 0. The molecule has 3 heteroatoms. The Morgan fingerprint density at radius 3 is 2.68 bits per heavy atom. The first-order valence-corrected chi connectivity index (χ1v) is 7.39. The molecule has 3 rings (SSSR count). The summed E-state index contributed by atoms with van der Waals surface area (Å²) >= 11 is 0. The standard InChI is InChI=1S/C19H18N2O/c1-14(18-7-4-10-20-13-18)21-19(22)12-15-8-9-16-5-2-3-6-17(16)11-15/h2-11,13-14H,12H2,1H3,(H,21,22). The number of carbonyl (C=O) groups is 1. The van der Waals surface area contributed by atoms with E-state index in [9.17, 15) is 4.79 Å². The molecule has 1 amide bonds. The number of amides is 1. The maximum Gasteiger partial charge on any atom is 0.224 e. The van der Waals surface area contributed by atoms with Gasteiger partial charge in [0.1, 0.15) is 0 Å². The number of aromatic nitrogens is 1. The molecular formula is C19H18N2O. The molecule has 2 aromatic carbocycles. The van der Waals surface area contributed by atoms with Gasteiger partial charge in [-0.05, 0) is 34.9 Å². The molecule has 0 spiro atoms. The summed E-state index contributed by atoms with van der Waals surface area (Å²) in [5, 5.41) is 5.36. The van der Waals surface area contributed by atoms with Gasteiger partial charge < -0.3 is 5.32 Å². The number of fused-ring (bicyclic) bond motifs is 1. The van der Waals surface area contributed by atoms with E-state index in [1.54, 1.807) is 12.4 Å². The van der Waals surface area contributed by atoms with Crippen LogP contribution in [0.3, 0.4) is 0 Å². The summed E-state index contributed by atoms with van der Waals surface area (Å²) in [5.41, 5.74) is 2.03. The van der Waals surface area contributed by atoms with E-state index < -0.39 is 0 Å². The van der Waals surface area contributed by atoms with Gasteiger partial charge in [0, 0.05) is 12.4 Å². The van der Waals surface area contributed by atoms with Gasteiger partial charge in [0.05, 0.1) is 12.5 Å². The van der Waals surface area contributed by atoms with Crippen LogP contribution in [0.15, 0.2) is 67.0 Å². The van der Waals surface area contributed by atoms with Gasteiger partial charge in [-0.15, -0.1) is 0 Å². The molecule has 1 N–H and O–H groups in total. The molecule has 3 aromatic rings. The smallest absolute Gasteiger partial charge is 0.224 e. The Kier molecular flexibility index (Phi) is 4.15. The lowest BCUT2D eigenvalue weighted by atomic mass is 10.0. The Labute approximate surface area is 130 Å². The van der Waals surface area contributed by atoms with Gasteiger partial charge in [-0.25, -0.2) is 0 Å². The molecule has 0 aliphatic heterocycles. The summed E-state index contributed by atoms with van der Waals surface area (Å²) in [4.78, 5) is 16.3. The highest BCUT2D eigenvalue weighted by Gasteiger charge is 2.10. The van der Waals surface area contributed by atoms with Crippen LogP contribution in [0, 0.1) is 0 Å². The number of nitrogens with zero attached hydrogens (tertiary/aromatic N) is 1. The van der Waals surface area contributed by atoms with Crippen molar-refractivity contribution in [2.75, 3.05) is 0 Å². The van der Waals surface area contributed by atoms with Crippen LogP contribution in [-0.4, -0.2) is 10.9 Å². The Morgan fingerprint density at radius 1 is 1.09 bits per heavy atom. The first-order chi connectivity index (χ1) is 10.7. The highest BCUT2D eigenvalue weighted by molar-refractivity contribution is 5.85. The van der Waals surface area contributed by atoms with Crippen molar-refractivity contribution in [3.8, 4) is 0 Å². The zero-order chi connectivity index (χ0) is 15.4. The molecule has 3 nitrogen and oxygen atoms in total. The van der Waals surface area contributed by atoms with Crippen LogP contribution in [-0.2, 0) is 11.2 Å². The number of pyridine rings is 1. The third-order valence-electron chi connectivity index (χ3n) is 3.74. The maximum absolute atomic E-state index is 12.2. The summed E-state index contributed by atoms with van der Waals surface area (Å²) in [6.07, 6.45) is 3.89. The van der Waals surface area contributed by atoms with E-state index in [0.29, 0.717) is 6.42 Å². The molecule has 0 radical (unpaired) electrons. The summed E-state index contributed by atoms with van der Waals surface area (Å²) in [6.45, 7) is 1.97. The summed E-state index contributed by atoms with van der Waals surface area (Å²) in [7, 11) is 0. The number of rotatable bonds is 4. The maximum atomic E-state index is 12.2. The van der Waals surface area contributed by atoms with Gasteiger partial charge >= 0.3 is 0 Å². The number of hydrogen-bond acceptors (Lipinski definition) is 2. The largest absolute Gasteiger partial charge is 0.349 e. The fraction of sp³-hybridized carbons (Fsp3) is 0.158. The second-order valence-electron chi connectivity index (χ2n) is 5.43. The number of benzene rings is 2. The van der Waals surface area contributed by atoms with E-state index in [1.165, 1.54) is 5.39 Å². The molecule has 1 heterocycles. The van der Waals surface area contributed by atoms with Crippen LogP contribution in [0.2, 0.25) is 0 Å². The Balaban J connectivity index is 1.68. The summed E-state index contributed by atoms with van der Waals surface area (Å²) in [6, 6.07) is 18.1. The van der Waals surface area contributed by atoms with Crippen molar-refractivity contribution in [3.05, 3.63) is 78.1 Å². The van der Waals surface area contributed by atoms with Gasteiger partial charge in [-0.2, -0.15) is 0 Å². The third-order valence-corrected chi connectivity index (χ3v) is 3.74. The predicted molar refractivity (Wildman–Crippen MR) is 88.4 cm³/mol. The van der Waals surface area contributed by atoms with Gasteiger partial charge in [0.2, 0.25) is 5.91 Å². The van der Waals surface area contributed by atoms with Crippen LogP contribution >= 0.6 is 0 Å². The fourth-order valence-corrected chi connectivity index (χ4v) is 2.54. The van der Waals surface area contributed by atoms with Gasteiger partial charge in [0.15, 0.2) is 0 Å². The second kappa shape index (κ2) is 6.39. The van der Waals surface area contributed by atoms with Crippen molar-refractivity contribution in [2.24, 2.45) is 0 Å². The Bertz CT molecular complexity index is 784. The van der Waals surface area contributed by atoms with Crippen molar-refractivity contribution < 1.29 is 4.79 Å². The summed E-state index contributed by atoms with van der Waals surface area (Å²) in [5.74, 6) is 0.0200. The van der Waals surface area contributed by atoms with Gasteiger partial charge in [-0.3, -0.25) is 9.78 Å². The lowest BCUT2D eigenvalue weighted by Gasteiger charge is -2.14. The fourth-order valence-electron chi connectivity index (χ4n) is 2.54. The molecule has 0 saturated carbocycles. The quantitative estimate of drug-likeness (QED) is 0.797. The Hall–Kier alpha value is -2.68. The third kappa shape index (κ3) is 3.31. The van der Waals surface area contributed by atoms with E-state index in [2.05, 4.69) is 34.6 Å². The lowest BCUT2D eigenvalue weighted by Crippen LogP contribution is -2.28. The first kappa shape index (κ1) is 14.3. The molecule has 110 valence electrons. The van der Waals surface area contributed by atoms with Gasteiger partial charge in [0.25, 0.3) is 0 Å². The van der Waals surface area contributed by atoms with E-state index in [4.69, 9.17) is 0 Å². The minimum Gasteiger partial charge on any atom is -0.349 e. The zero-order valence-electron chi connectivity index (χ0n) is 12.5. The minimum atomic E-state index is -0.0401. The van der Waals surface area contributed by atoms with Crippen LogP contribution in [0.5, 0.6) is 0 Å². The monoisotopic (exact) mass is 290 g/mol. The number of hydrogen-bond donors (Lipinski definition) is 1. The molecule has 0 fully saturated rings. The van der Waals surface area contributed by atoms with Gasteiger partial charge in [-0.1, -0.05) is 48.5 Å². The normalized spacial score (nSPS) is 12.0. The van der Waals surface area contributed by atoms with Crippen LogP contribution in [0.4, 0.5) is 0 Å². The van der Waals surface area contributed by atoms with E-state index >= 15 is 0 Å². The van der Waals surface area contributed by atoms with Crippen LogP contribution in [0.25, 0.3) is 10.8 Å². The average molecular weight is 290 g/mol. The molecule has 1 unspecified atom stereocenters. The second-order valence-corrected chi connectivity index (χ2v) is 5.43. The highest BCUT2D eigenvalue weighted by atomic mass is 16.1. The topological polar surface area (TPSA) is 42.0 Å². The van der Waals surface area contributed by atoms with Crippen molar-refractivity contribution in [1.29, 1.82) is 0 Å². The SMILES string of the molecule is CC(NC(=O)Cc1ccc2ccccc2c1)c1cccnc1. The minimum absolute atomic E-state index is 0.0200. The Morgan fingerprint density at radius 2 is 1.91 bits per heavy atom. The van der Waals surface area contributed by atoms with Crippen molar-refractivity contribution in [3.63, 3.8) is 0 Å². The van der Waals surface area contributed by atoms with E-state index in [-0.39, 0.29) is 11.9 Å². The van der Waals surface area contributed by atoms with E-state index in [0.717, 1.165) is 16.5 Å². The molecule has 22 heavy (non-hydrogen) atoms. The molecule has 1 aromatic heterocycles. The molecule has 0 bridgehead atoms. The van der Waals surface area contributed by atoms with Crippen molar-refractivity contribution >= 4 is 16.7 Å². The van der Waals surface area contributed by atoms with E-state index in [1.807, 2.05) is 37.3 Å².